The largest absolute Gasteiger partial charge is 0.497 e. The molecule has 1 heterocycles. The molecular weight excluding hydrogens is 292 g/mol. The summed E-state index contributed by atoms with van der Waals surface area (Å²) in [7, 11) is 3.40. The number of ether oxygens (including phenoxy) is 2. The minimum absolute atomic E-state index is 0.879. The van der Waals surface area contributed by atoms with E-state index in [1.807, 2.05) is 12.1 Å². The van der Waals surface area contributed by atoms with Gasteiger partial charge in [0.2, 0.25) is 0 Å². The second kappa shape index (κ2) is 6.24. The fourth-order valence-electron chi connectivity index (χ4n) is 2.38. The molecule has 0 saturated carbocycles. The van der Waals surface area contributed by atoms with Crippen LogP contribution in [0.25, 0.3) is 20.9 Å². The predicted molar refractivity (Wildman–Crippen MR) is 93.0 cm³/mol. The molecule has 3 aromatic rings. The minimum atomic E-state index is 0.879. The van der Waals surface area contributed by atoms with E-state index in [4.69, 9.17) is 9.47 Å². The zero-order chi connectivity index (χ0) is 15.5. The Labute approximate surface area is 135 Å². The van der Waals surface area contributed by atoms with E-state index in [-0.39, 0.29) is 0 Å². The average molecular weight is 310 g/mol. The maximum absolute atomic E-state index is 5.41. The molecule has 2 nitrogen and oxygen atoms in total. The number of benzene rings is 2. The van der Waals surface area contributed by atoms with Crippen molar-refractivity contribution in [3.63, 3.8) is 0 Å². The molecule has 0 aliphatic heterocycles. The van der Waals surface area contributed by atoms with Crippen LogP contribution in [0, 0.1) is 6.92 Å². The van der Waals surface area contributed by atoms with Crippen molar-refractivity contribution in [3.05, 3.63) is 60.2 Å². The molecule has 2 aromatic carbocycles. The van der Waals surface area contributed by atoms with Gasteiger partial charge in [0.1, 0.15) is 11.5 Å². The highest BCUT2D eigenvalue weighted by Gasteiger charge is 2.07. The smallest absolute Gasteiger partial charge is 0.122 e. The Morgan fingerprint density at radius 2 is 1.36 bits per heavy atom. The summed E-state index contributed by atoms with van der Waals surface area (Å²) in [5.74, 6) is 1.81. The van der Waals surface area contributed by atoms with E-state index in [2.05, 4.69) is 49.4 Å². The van der Waals surface area contributed by atoms with Crippen LogP contribution in [0.5, 0.6) is 11.5 Å². The fourth-order valence-corrected chi connectivity index (χ4v) is 3.38. The molecule has 3 rings (SSSR count). The Kier molecular flexibility index (Phi) is 4.16. The molecule has 0 fully saturated rings. The van der Waals surface area contributed by atoms with E-state index >= 15 is 0 Å². The van der Waals surface area contributed by atoms with E-state index in [0.717, 1.165) is 17.1 Å². The van der Waals surface area contributed by atoms with Crippen molar-refractivity contribution in [1.82, 2.24) is 0 Å². The Bertz CT molecular complexity index is 772. The van der Waals surface area contributed by atoms with Gasteiger partial charge in [0.05, 0.1) is 14.2 Å². The van der Waals surface area contributed by atoms with E-state index in [1.54, 1.807) is 25.6 Å². The van der Waals surface area contributed by atoms with Crippen molar-refractivity contribution in [2.24, 2.45) is 0 Å². The number of aryl methyl sites for hydroxylation is 1. The van der Waals surface area contributed by atoms with E-state index in [9.17, 15) is 0 Å². The first-order chi connectivity index (χ1) is 10.7. The Hall–Kier alpha value is -2.26. The lowest BCUT2D eigenvalue weighted by atomic mass is 10.1. The lowest BCUT2D eigenvalue weighted by molar-refractivity contribution is 0.412. The van der Waals surface area contributed by atoms with Crippen LogP contribution in [0.4, 0.5) is 0 Å². The molecule has 0 unspecified atom stereocenters. The Balaban J connectivity index is 1.92. The monoisotopic (exact) mass is 310 g/mol. The van der Waals surface area contributed by atoms with Gasteiger partial charge in [-0.1, -0.05) is 12.1 Å². The quantitative estimate of drug-likeness (QED) is 0.641. The third-order valence-electron chi connectivity index (χ3n) is 3.67. The molecule has 0 bridgehead atoms. The van der Waals surface area contributed by atoms with Crippen LogP contribution < -0.4 is 9.47 Å². The number of hydrogen-bond acceptors (Lipinski definition) is 3. The molecule has 0 saturated heterocycles. The average Bonchev–Trinajstić information content (AvgIpc) is 3.05. The summed E-state index contributed by atoms with van der Waals surface area (Å²) in [6.45, 7) is 2.06. The van der Waals surface area contributed by atoms with Crippen LogP contribution in [0.1, 0.15) is 5.56 Å². The van der Waals surface area contributed by atoms with Gasteiger partial charge < -0.3 is 9.47 Å². The van der Waals surface area contributed by atoms with Crippen LogP contribution in [0.3, 0.4) is 0 Å². The molecular formula is C19H18O2S. The highest BCUT2D eigenvalue weighted by atomic mass is 32.1. The minimum Gasteiger partial charge on any atom is -0.497 e. The van der Waals surface area contributed by atoms with E-state index in [1.165, 1.54) is 20.9 Å². The first-order valence-corrected chi connectivity index (χ1v) is 7.92. The van der Waals surface area contributed by atoms with Crippen molar-refractivity contribution in [1.29, 1.82) is 0 Å². The zero-order valence-electron chi connectivity index (χ0n) is 12.9. The molecule has 0 N–H and O–H groups in total. The van der Waals surface area contributed by atoms with Crippen molar-refractivity contribution in [2.75, 3.05) is 14.2 Å². The number of methoxy groups -OCH3 is 2. The normalized spacial score (nSPS) is 10.5. The van der Waals surface area contributed by atoms with Gasteiger partial charge in [-0.2, -0.15) is 0 Å². The molecule has 0 aliphatic rings. The number of thiophene rings is 1. The second-order valence-electron chi connectivity index (χ2n) is 5.08. The van der Waals surface area contributed by atoms with Crippen LogP contribution in [0.2, 0.25) is 0 Å². The van der Waals surface area contributed by atoms with Crippen LogP contribution >= 0.6 is 11.3 Å². The first-order valence-electron chi connectivity index (χ1n) is 7.10. The number of rotatable bonds is 4. The highest BCUT2D eigenvalue weighted by Crippen LogP contribution is 2.36. The molecule has 0 spiro atoms. The zero-order valence-corrected chi connectivity index (χ0v) is 13.7. The SMILES string of the molecule is COc1ccc(-c2ccc(-c3ccc(C)c(OC)c3)s2)cc1. The van der Waals surface area contributed by atoms with Gasteiger partial charge in [0.15, 0.2) is 0 Å². The lowest BCUT2D eigenvalue weighted by Crippen LogP contribution is -1.86. The summed E-state index contributed by atoms with van der Waals surface area (Å²) in [6.07, 6.45) is 0. The molecule has 112 valence electrons. The van der Waals surface area contributed by atoms with Crippen molar-refractivity contribution >= 4 is 11.3 Å². The standard InChI is InChI=1S/C19H18O2S/c1-13-4-5-15(12-17(13)21-3)19-11-10-18(22-19)14-6-8-16(20-2)9-7-14/h4-12H,1-3H3. The third-order valence-corrected chi connectivity index (χ3v) is 4.86. The van der Waals surface area contributed by atoms with Gasteiger partial charge >= 0.3 is 0 Å². The third kappa shape index (κ3) is 2.85. The molecule has 0 aliphatic carbocycles. The van der Waals surface area contributed by atoms with E-state index < -0.39 is 0 Å². The fraction of sp³-hybridized carbons (Fsp3) is 0.158. The molecule has 22 heavy (non-hydrogen) atoms. The summed E-state index contributed by atoms with van der Waals surface area (Å²) in [5, 5.41) is 0. The second-order valence-corrected chi connectivity index (χ2v) is 6.16. The summed E-state index contributed by atoms with van der Waals surface area (Å²) >= 11 is 1.78. The van der Waals surface area contributed by atoms with Crippen LogP contribution in [-0.4, -0.2) is 14.2 Å². The van der Waals surface area contributed by atoms with Crippen molar-refractivity contribution in [3.8, 4) is 32.4 Å². The van der Waals surface area contributed by atoms with Crippen molar-refractivity contribution in [2.45, 2.75) is 6.92 Å². The van der Waals surface area contributed by atoms with Crippen LogP contribution in [0.15, 0.2) is 54.6 Å². The molecule has 0 amide bonds. The van der Waals surface area contributed by atoms with Gasteiger partial charge in [-0.25, -0.2) is 0 Å². The van der Waals surface area contributed by atoms with Gasteiger partial charge in [0.25, 0.3) is 0 Å². The molecule has 3 heteroatoms. The topological polar surface area (TPSA) is 18.5 Å². The molecule has 0 radical (unpaired) electrons. The lowest BCUT2D eigenvalue weighted by Gasteiger charge is -2.06. The van der Waals surface area contributed by atoms with Crippen LogP contribution in [-0.2, 0) is 0 Å². The van der Waals surface area contributed by atoms with Crippen molar-refractivity contribution < 1.29 is 9.47 Å². The van der Waals surface area contributed by atoms with Gasteiger partial charge in [-0.3, -0.25) is 0 Å². The van der Waals surface area contributed by atoms with Gasteiger partial charge in [-0.05, 0) is 66.1 Å². The maximum atomic E-state index is 5.41. The Morgan fingerprint density at radius 1 is 0.727 bits per heavy atom. The molecule has 1 aromatic heterocycles. The van der Waals surface area contributed by atoms with Gasteiger partial charge in [-0.15, -0.1) is 11.3 Å². The highest BCUT2D eigenvalue weighted by molar-refractivity contribution is 7.18. The summed E-state index contributed by atoms with van der Waals surface area (Å²) in [6, 6.07) is 18.8. The first kappa shape index (κ1) is 14.7. The van der Waals surface area contributed by atoms with Gasteiger partial charge in [0, 0.05) is 9.75 Å². The summed E-state index contributed by atoms with van der Waals surface area (Å²) in [5.41, 5.74) is 3.54. The van der Waals surface area contributed by atoms with E-state index in [0.29, 0.717) is 0 Å². The number of hydrogen-bond donors (Lipinski definition) is 0. The Morgan fingerprint density at radius 3 is 2.00 bits per heavy atom. The maximum Gasteiger partial charge on any atom is 0.122 e. The molecule has 0 atom stereocenters. The summed E-state index contributed by atoms with van der Waals surface area (Å²) < 4.78 is 10.6. The summed E-state index contributed by atoms with van der Waals surface area (Å²) in [4.78, 5) is 2.49. The predicted octanol–water partition coefficient (Wildman–Crippen LogP) is 5.41.